The molecule has 2 aromatic rings. The number of aryl methyl sites for hydroxylation is 1. The second kappa shape index (κ2) is 8.49. The first-order valence-electron chi connectivity index (χ1n) is 10.3. The minimum Gasteiger partial charge on any atom is -0.509 e. The first-order valence-corrected chi connectivity index (χ1v) is 11.1. The number of benzene rings is 2. The number of carbonyl (C=O) groups excluding carboxylic acids is 2. The normalized spacial score (nSPS) is 20.9. The molecule has 2 aromatic carbocycles. The number of rotatable bonds is 4. The van der Waals surface area contributed by atoms with Gasteiger partial charge in [0.2, 0.25) is 0 Å². The van der Waals surface area contributed by atoms with Gasteiger partial charge in [0, 0.05) is 12.2 Å². The molecule has 0 aliphatic carbocycles. The van der Waals surface area contributed by atoms with E-state index in [0.29, 0.717) is 30.5 Å². The minimum atomic E-state index is -1.05. The first kappa shape index (κ1) is 23.3. The number of hydrogen-bond donors (Lipinski definition) is 2. The summed E-state index contributed by atoms with van der Waals surface area (Å²) in [5.74, 6) is -4.70. The fraction of sp³-hybridized carbons (Fsp3) is 0.304. The fourth-order valence-electron chi connectivity index (χ4n) is 4.35. The number of amides is 2. The fourth-order valence-corrected chi connectivity index (χ4v) is 4.58. The van der Waals surface area contributed by atoms with E-state index in [0.717, 1.165) is 18.2 Å². The monoisotopic (exact) mass is 523 g/mol. The maximum atomic E-state index is 14.1. The topological polar surface area (TPSA) is 72.9 Å². The van der Waals surface area contributed by atoms with E-state index in [1.165, 1.54) is 17.1 Å². The highest BCUT2D eigenvalue weighted by atomic mass is 79.9. The summed E-state index contributed by atoms with van der Waals surface area (Å²) in [4.78, 5) is 26.4. The molecular weight excluding hydrogens is 503 g/mol. The van der Waals surface area contributed by atoms with Crippen molar-refractivity contribution in [2.75, 3.05) is 11.9 Å². The van der Waals surface area contributed by atoms with Crippen molar-refractivity contribution in [1.82, 2.24) is 10.0 Å². The highest BCUT2D eigenvalue weighted by Gasteiger charge is 2.52. The number of nitrogens with zero attached hydrogens (tertiary/aromatic N) is 2. The molecule has 2 N–H and O–H groups in total. The molecule has 2 aliphatic rings. The van der Waals surface area contributed by atoms with Crippen molar-refractivity contribution in [3.8, 4) is 0 Å². The van der Waals surface area contributed by atoms with Crippen molar-refractivity contribution < 1.29 is 27.9 Å². The molecule has 2 heterocycles. The Morgan fingerprint density at radius 3 is 2.58 bits per heavy atom. The molecule has 0 spiro atoms. The van der Waals surface area contributed by atoms with E-state index in [9.17, 15) is 27.9 Å². The smallest absolute Gasteiger partial charge is 0.277 e. The molecule has 174 valence electrons. The molecule has 0 unspecified atom stereocenters. The van der Waals surface area contributed by atoms with Gasteiger partial charge < -0.3 is 10.4 Å². The number of nitrogens with one attached hydrogen (secondary N) is 1. The Morgan fingerprint density at radius 2 is 1.91 bits per heavy atom. The zero-order chi connectivity index (χ0) is 24.1. The highest BCUT2D eigenvalue weighted by Crippen LogP contribution is 2.41. The number of hydrogen-bond acceptors (Lipinski definition) is 4. The molecule has 0 saturated carbocycles. The van der Waals surface area contributed by atoms with Crippen LogP contribution in [-0.4, -0.2) is 39.0 Å². The summed E-state index contributed by atoms with van der Waals surface area (Å²) in [5, 5.41) is 16.4. The molecule has 2 aliphatic heterocycles. The van der Waals surface area contributed by atoms with Crippen LogP contribution in [0.15, 0.2) is 46.1 Å². The molecule has 1 atom stereocenters. The van der Waals surface area contributed by atoms with Gasteiger partial charge in [-0.2, -0.15) is 0 Å². The Hall–Kier alpha value is -2.85. The number of hydrazine groups is 1. The van der Waals surface area contributed by atoms with Gasteiger partial charge in [-0.15, -0.1) is 0 Å². The van der Waals surface area contributed by atoms with Crippen molar-refractivity contribution >= 4 is 33.4 Å². The van der Waals surface area contributed by atoms with Crippen LogP contribution >= 0.6 is 15.9 Å². The van der Waals surface area contributed by atoms with Crippen LogP contribution in [0, 0.1) is 24.4 Å². The third-order valence-corrected chi connectivity index (χ3v) is 7.11. The predicted octanol–water partition coefficient (Wildman–Crippen LogP) is 4.74. The zero-order valence-electron chi connectivity index (χ0n) is 17.9. The highest BCUT2D eigenvalue weighted by molar-refractivity contribution is 9.10. The Kier molecular flexibility index (Phi) is 6.00. The van der Waals surface area contributed by atoms with Gasteiger partial charge in [-0.3, -0.25) is 14.6 Å². The van der Waals surface area contributed by atoms with Crippen molar-refractivity contribution in [3.05, 3.63) is 74.7 Å². The molecule has 1 saturated heterocycles. The first-order chi connectivity index (χ1) is 15.5. The molecule has 33 heavy (non-hydrogen) atoms. The third-order valence-electron chi connectivity index (χ3n) is 6.10. The van der Waals surface area contributed by atoms with Crippen LogP contribution in [0.1, 0.15) is 30.9 Å². The van der Waals surface area contributed by atoms with Crippen molar-refractivity contribution in [2.45, 2.75) is 38.8 Å². The minimum absolute atomic E-state index is 0.123. The second-order valence-corrected chi connectivity index (χ2v) is 9.17. The summed E-state index contributed by atoms with van der Waals surface area (Å²) in [6, 6.07) is 5.93. The average Bonchev–Trinajstić information content (AvgIpc) is 3.15. The summed E-state index contributed by atoms with van der Waals surface area (Å²) in [5.41, 5.74) is -0.521. The summed E-state index contributed by atoms with van der Waals surface area (Å²) in [7, 11) is 0. The molecule has 1 fully saturated rings. The van der Waals surface area contributed by atoms with Gasteiger partial charge in [0.25, 0.3) is 11.8 Å². The summed E-state index contributed by atoms with van der Waals surface area (Å²) in [6.07, 6.45) is 1.12. The van der Waals surface area contributed by atoms with Crippen LogP contribution in [0.3, 0.4) is 0 Å². The average molecular weight is 524 g/mol. The van der Waals surface area contributed by atoms with E-state index in [4.69, 9.17) is 0 Å². The van der Waals surface area contributed by atoms with Gasteiger partial charge in [-0.25, -0.2) is 18.2 Å². The lowest BCUT2D eigenvalue weighted by molar-refractivity contribution is -0.160. The van der Waals surface area contributed by atoms with Crippen LogP contribution in [0.25, 0.3) is 0 Å². The Balaban J connectivity index is 1.70. The van der Waals surface area contributed by atoms with E-state index >= 15 is 0 Å². The predicted molar refractivity (Wildman–Crippen MR) is 118 cm³/mol. The van der Waals surface area contributed by atoms with Gasteiger partial charge in [0.05, 0.1) is 16.6 Å². The lowest BCUT2D eigenvalue weighted by Gasteiger charge is -2.46. The number of anilines is 1. The number of fused-ring (bicyclic) bond motifs is 1. The maximum Gasteiger partial charge on any atom is 0.277 e. The number of aliphatic hydroxyl groups excluding tert-OH is 1. The SMILES string of the molecule is Cc1cc(NC(=O)C2=C(O)[C@@]3(C)CCCN3N(Cc3ccc(F)c(F)c3)C2=O)cc(F)c1Br. The van der Waals surface area contributed by atoms with Crippen molar-refractivity contribution in [2.24, 2.45) is 0 Å². The lowest BCUT2D eigenvalue weighted by Crippen LogP contribution is -2.60. The van der Waals surface area contributed by atoms with Crippen LogP contribution in [0.2, 0.25) is 0 Å². The largest absolute Gasteiger partial charge is 0.509 e. The number of halogens is 4. The zero-order valence-corrected chi connectivity index (χ0v) is 19.5. The van der Waals surface area contributed by atoms with E-state index in [1.54, 1.807) is 18.9 Å². The maximum absolute atomic E-state index is 14.1. The summed E-state index contributed by atoms with van der Waals surface area (Å²) >= 11 is 3.11. The Labute approximate surface area is 196 Å². The molecular formula is C23H21BrF3N3O3. The lowest BCUT2D eigenvalue weighted by atomic mass is 9.90. The van der Waals surface area contributed by atoms with Gasteiger partial charge in [0.1, 0.15) is 17.1 Å². The van der Waals surface area contributed by atoms with Crippen molar-refractivity contribution in [1.29, 1.82) is 0 Å². The third kappa shape index (κ3) is 4.02. The Bertz CT molecular complexity index is 1180. The number of carbonyl (C=O) groups is 2. The summed E-state index contributed by atoms with van der Waals surface area (Å²) in [6.45, 7) is 3.66. The quantitative estimate of drug-likeness (QED) is 0.568. The molecule has 2 amide bonds. The molecule has 10 heteroatoms. The number of aliphatic hydroxyl groups is 1. The molecule has 4 rings (SSSR count). The van der Waals surface area contributed by atoms with Gasteiger partial charge in [-0.1, -0.05) is 6.07 Å². The molecule has 0 aromatic heterocycles. The summed E-state index contributed by atoms with van der Waals surface area (Å²) < 4.78 is 41.4. The van der Waals surface area contributed by atoms with Gasteiger partial charge >= 0.3 is 0 Å². The van der Waals surface area contributed by atoms with E-state index in [-0.39, 0.29) is 22.5 Å². The van der Waals surface area contributed by atoms with Crippen LogP contribution < -0.4 is 5.32 Å². The van der Waals surface area contributed by atoms with Crippen LogP contribution in [0.5, 0.6) is 0 Å². The molecule has 0 radical (unpaired) electrons. The standard InChI is InChI=1S/C23H21BrF3N3O3/c1-12-8-14(10-17(27)19(12)24)28-21(32)18-20(31)23(2)6-3-7-30(23)29(22(18)33)11-13-4-5-15(25)16(26)9-13/h4-5,8-10,31H,3,6-7,11H2,1-2H3,(H,28,32)/t23-/m1/s1. The van der Waals surface area contributed by atoms with E-state index in [1.807, 2.05) is 0 Å². The van der Waals surface area contributed by atoms with Crippen LogP contribution in [0.4, 0.5) is 18.9 Å². The van der Waals surface area contributed by atoms with Crippen molar-refractivity contribution in [3.63, 3.8) is 0 Å². The molecule has 0 bridgehead atoms. The van der Waals surface area contributed by atoms with E-state index < -0.39 is 40.4 Å². The van der Waals surface area contributed by atoms with E-state index in [2.05, 4.69) is 21.2 Å². The molecule has 6 nitrogen and oxygen atoms in total. The van der Waals surface area contributed by atoms with Gasteiger partial charge in [-0.05, 0) is 78.0 Å². The Morgan fingerprint density at radius 1 is 1.18 bits per heavy atom. The van der Waals surface area contributed by atoms with Gasteiger partial charge in [0.15, 0.2) is 11.6 Å². The van der Waals surface area contributed by atoms with Crippen LogP contribution in [-0.2, 0) is 16.1 Å². The second-order valence-electron chi connectivity index (χ2n) is 8.38.